The Morgan fingerprint density at radius 1 is 1.42 bits per heavy atom. The summed E-state index contributed by atoms with van der Waals surface area (Å²) in [5.41, 5.74) is 0.723. The van der Waals surface area contributed by atoms with E-state index in [9.17, 15) is 9.59 Å². The lowest BCUT2D eigenvalue weighted by atomic mass is 10.1. The highest BCUT2D eigenvalue weighted by atomic mass is 16.2. The number of hydrogen-bond donors (Lipinski definition) is 1. The first-order valence-corrected chi connectivity index (χ1v) is 3.54. The molecule has 1 saturated heterocycles. The molecular weight excluding hydrogens is 154 g/mol. The number of nitrogens with one attached hydrogen (secondary N) is 1. The number of ketones is 1. The minimum Gasteiger partial charge on any atom is -0.319 e. The molecule has 1 aliphatic rings. The van der Waals surface area contributed by atoms with Crippen LogP contribution in [0.5, 0.6) is 0 Å². The molecule has 0 spiro atoms. The van der Waals surface area contributed by atoms with Gasteiger partial charge in [0.25, 0.3) is 11.7 Å². The van der Waals surface area contributed by atoms with Gasteiger partial charge in [0.2, 0.25) is 0 Å². The van der Waals surface area contributed by atoms with Gasteiger partial charge in [-0.05, 0) is 13.0 Å². The van der Waals surface area contributed by atoms with Crippen molar-refractivity contribution in [2.45, 2.75) is 6.92 Å². The molecule has 3 nitrogen and oxygen atoms in total. The normalized spacial score (nSPS) is 21.1. The summed E-state index contributed by atoms with van der Waals surface area (Å²) in [6, 6.07) is 0. The SMILES string of the molecule is C=C1NC(=O)C(=O)/C1=C/C=C\C. The first kappa shape index (κ1) is 8.46. The molecule has 62 valence electrons. The standard InChI is InChI=1S/C9H9NO2/c1-3-4-5-7-6(2)10-9(12)8(7)11/h3-5H,2H2,1H3,(H,10,12)/b4-3-,7-5+. The van der Waals surface area contributed by atoms with Gasteiger partial charge >= 0.3 is 0 Å². The zero-order valence-electron chi connectivity index (χ0n) is 6.76. The molecule has 1 N–H and O–H groups in total. The molecule has 1 fully saturated rings. The van der Waals surface area contributed by atoms with E-state index in [1.165, 1.54) is 0 Å². The van der Waals surface area contributed by atoms with E-state index in [-0.39, 0.29) is 0 Å². The van der Waals surface area contributed by atoms with Gasteiger partial charge in [-0.15, -0.1) is 0 Å². The summed E-state index contributed by atoms with van der Waals surface area (Å²) < 4.78 is 0. The highest BCUT2D eigenvalue weighted by Crippen LogP contribution is 2.13. The van der Waals surface area contributed by atoms with Crippen LogP contribution in [0.3, 0.4) is 0 Å². The second-order valence-electron chi connectivity index (χ2n) is 2.37. The largest absolute Gasteiger partial charge is 0.319 e. The van der Waals surface area contributed by atoms with E-state index in [1.54, 1.807) is 18.2 Å². The van der Waals surface area contributed by atoms with E-state index in [0.717, 1.165) is 0 Å². The summed E-state index contributed by atoms with van der Waals surface area (Å²) in [5, 5.41) is 2.34. The smallest absolute Gasteiger partial charge is 0.296 e. The van der Waals surface area contributed by atoms with Gasteiger partial charge < -0.3 is 5.32 Å². The molecule has 3 heteroatoms. The number of hydrogen-bond acceptors (Lipinski definition) is 2. The predicted molar refractivity (Wildman–Crippen MR) is 45.2 cm³/mol. The molecule has 0 bridgehead atoms. The summed E-state index contributed by atoms with van der Waals surface area (Å²) in [5.74, 6) is -1.12. The Kier molecular flexibility index (Phi) is 2.24. The molecule has 0 aromatic rings. The topological polar surface area (TPSA) is 46.2 Å². The molecule has 0 unspecified atom stereocenters. The molecule has 0 aromatic carbocycles. The van der Waals surface area contributed by atoms with Crippen LogP contribution >= 0.6 is 0 Å². The first-order chi connectivity index (χ1) is 5.66. The van der Waals surface area contributed by atoms with Crippen molar-refractivity contribution >= 4 is 11.7 Å². The maximum absolute atomic E-state index is 11.0. The molecule has 0 aliphatic carbocycles. The number of carbonyl (C=O) groups is 2. The number of allylic oxidation sites excluding steroid dienone is 4. The minimum atomic E-state index is -0.601. The zero-order valence-corrected chi connectivity index (χ0v) is 6.76. The van der Waals surface area contributed by atoms with Crippen molar-refractivity contribution in [3.05, 3.63) is 36.1 Å². The summed E-state index contributed by atoms with van der Waals surface area (Å²) in [4.78, 5) is 21.8. The lowest BCUT2D eigenvalue weighted by molar-refractivity contribution is -0.133. The Balaban J connectivity index is 2.98. The van der Waals surface area contributed by atoms with Crippen LogP contribution in [0.15, 0.2) is 36.1 Å². The average molecular weight is 163 g/mol. The van der Waals surface area contributed by atoms with Crippen molar-refractivity contribution in [1.82, 2.24) is 5.32 Å². The van der Waals surface area contributed by atoms with Crippen molar-refractivity contribution < 1.29 is 9.59 Å². The lowest BCUT2D eigenvalue weighted by Gasteiger charge is -1.90. The highest BCUT2D eigenvalue weighted by Gasteiger charge is 2.28. The van der Waals surface area contributed by atoms with E-state index in [2.05, 4.69) is 11.9 Å². The van der Waals surface area contributed by atoms with Crippen LogP contribution in [-0.4, -0.2) is 11.7 Å². The van der Waals surface area contributed by atoms with Crippen LogP contribution in [0, 0.1) is 0 Å². The van der Waals surface area contributed by atoms with Crippen molar-refractivity contribution in [3.8, 4) is 0 Å². The fourth-order valence-electron chi connectivity index (χ4n) is 0.889. The molecule has 1 amide bonds. The molecule has 1 rings (SSSR count). The fourth-order valence-corrected chi connectivity index (χ4v) is 0.889. The monoisotopic (exact) mass is 163 g/mol. The maximum atomic E-state index is 11.0. The van der Waals surface area contributed by atoms with Crippen LogP contribution in [0.1, 0.15) is 6.92 Å². The molecule has 0 aromatic heterocycles. The third-order valence-electron chi connectivity index (χ3n) is 1.50. The molecule has 1 heterocycles. The maximum Gasteiger partial charge on any atom is 0.296 e. The third-order valence-corrected chi connectivity index (χ3v) is 1.50. The highest BCUT2D eigenvalue weighted by molar-refractivity contribution is 6.47. The summed E-state index contributed by atoms with van der Waals surface area (Å²) in [6.07, 6.45) is 5.04. The van der Waals surface area contributed by atoms with Gasteiger partial charge in [0.05, 0.1) is 5.57 Å². The molecule has 1 aliphatic heterocycles. The van der Waals surface area contributed by atoms with E-state index in [4.69, 9.17) is 0 Å². The zero-order chi connectivity index (χ0) is 9.14. The van der Waals surface area contributed by atoms with E-state index in [1.807, 2.05) is 6.92 Å². The number of Topliss-reactive ketones (excluding diaryl/α,β-unsaturated/α-hetero) is 1. The van der Waals surface area contributed by atoms with Crippen molar-refractivity contribution in [1.29, 1.82) is 0 Å². The fraction of sp³-hybridized carbons (Fsp3) is 0.111. The second-order valence-corrected chi connectivity index (χ2v) is 2.37. The Morgan fingerprint density at radius 3 is 2.50 bits per heavy atom. The Morgan fingerprint density at radius 2 is 2.08 bits per heavy atom. The number of carbonyl (C=O) groups excluding carboxylic acids is 2. The van der Waals surface area contributed by atoms with Gasteiger partial charge in [-0.2, -0.15) is 0 Å². The molecule has 12 heavy (non-hydrogen) atoms. The molecule has 0 saturated carbocycles. The third kappa shape index (κ3) is 1.34. The van der Waals surface area contributed by atoms with Crippen molar-refractivity contribution in [2.75, 3.05) is 0 Å². The van der Waals surface area contributed by atoms with Crippen molar-refractivity contribution in [3.63, 3.8) is 0 Å². The van der Waals surface area contributed by atoms with Crippen LogP contribution in [0.4, 0.5) is 0 Å². The van der Waals surface area contributed by atoms with Gasteiger partial charge in [-0.3, -0.25) is 9.59 Å². The van der Waals surface area contributed by atoms with Crippen LogP contribution < -0.4 is 5.32 Å². The molecule has 0 atom stereocenters. The quantitative estimate of drug-likeness (QED) is 0.457. The van der Waals surface area contributed by atoms with Gasteiger partial charge in [-0.25, -0.2) is 0 Å². The van der Waals surface area contributed by atoms with Crippen LogP contribution in [0.25, 0.3) is 0 Å². The summed E-state index contributed by atoms with van der Waals surface area (Å²) in [7, 11) is 0. The van der Waals surface area contributed by atoms with E-state index < -0.39 is 11.7 Å². The van der Waals surface area contributed by atoms with Crippen molar-refractivity contribution in [2.24, 2.45) is 0 Å². The Hall–Kier alpha value is -1.64. The lowest BCUT2D eigenvalue weighted by Crippen LogP contribution is -2.17. The Labute approximate surface area is 70.5 Å². The van der Waals surface area contributed by atoms with E-state index in [0.29, 0.717) is 11.3 Å². The average Bonchev–Trinajstić information content (AvgIpc) is 2.25. The van der Waals surface area contributed by atoms with Crippen LogP contribution in [0.2, 0.25) is 0 Å². The summed E-state index contributed by atoms with van der Waals surface area (Å²) >= 11 is 0. The first-order valence-electron chi connectivity index (χ1n) is 3.54. The number of amides is 1. The second kappa shape index (κ2) is 3.17. The van der Waals surface area contributed by atoms with Gasteiger partial charge in [-0.1, -0.05) is 18.7 Å². The van der Waals surface area contributed by atoms with Gasteiger partial charge in [0, 0.05) is 5.70 Å². The summed E-state index contributed by atoms with van der Waals surface area (Å²) in [6.45, 7) is 5.36. The molecule has 0 radical (unpaired) electrons. The van der Waals surface area contributed by atoms with E-state index >= 15 is 0 Å². The predicted octanol–water partition coefficient (Wildman–Crippen LogP) is 0.702. The minimum absolute atomic E-state index is 0.345. The number of rotatable bonds is 1. The Bertz CT molecular complexity index is 310. The van der Waals surface area contributed by atoms with Gasteiger partial charge in [0.1, 0.15) is 0 Å². The van der Waals surface area contributed by atoms with Gasteiger partial charge in [0.15, 0.2) is 0 Å². The van der Waals surface area contributed by atoms with Crippen LogP contribution in [-0.2, 0) is 9.59 Å². The molecular formula is C9H9NO2.